The Morgan fingerprint density at radius 3 is 2.64 bits per heavy atom. The van der Waals surface area contributed by atoms with Crippen LogP contribution in [0.3, 0.4) is 0 Å². The Labute approximate surface area is 194 Å². The molecular weight excluding hydrogens is 418 g/mol. The van der Waals surface area contributed by atoms with Crippen LogP contribution in [-0.4, -0.2) is 56.9 Å². The molecule has 0 atom stereocenters. The van der Waals surface area contributed by atoms with Crippen LogP contribution in [0.5, 0.6) is 5.75 Å². The lowest BCUT2D eigenvalue weighted by molar-refractivity contribution is -0.00832. The number of likely N-dealkylation sites (tertiary alicyclic amines) is 1. The van der Waals surface area contributed by atoms with Crippen LogP contribution in [0.1, 0.15) is 54.6 Å². The number of rotatable bonds is 5. The van der Waals surface area contributed by atoms with Gasteiger partial charge in [0.15, 0.2) is 5.60 Å². The van der Waals surface area contributed by atoms with Crippen molar-refractivity contribution in [1.29, 1.82) is 0 Å². The number of hydrogen-bond acceptors (Lipinski definition) is 5. The van der Waals surface area contributed by atoms with E-state index in [1.54, 1.807) is 31.1 Å². The maximum Gasteiger partial charge on any atom is 0.272 e. The van der Waals surface area contributed by atoms with Gasteiger partial charge in [-0.1, -0.05) is 26.0 Å². The van der Waals surface area contributed by atoms with Crippen LogP contribution in [0.25, 0.3) is 11.3 Å². The van der Waals surface area contributed by atoms with E-state index in [0.29, 0.717) is 38.2 Å². The number of imidazole rings is 1. The Balaban J connectivity index is 1.55. The number of para-hydroxylation sites is 1. The first-order valence-corrected chi connectivity index (χ1v) is 11.6. The minimum Gasteiger partial charge on any atom is -0.480 e. The number of carbonyl (C=O) groups is 1. The summed E-state index contributed by atoms with van der Waals surface area (Å²) >= 11 is 0. The molecule has 0 unspecified atom stereocenters. The van der Waals surface area contributed by atoms with Crippen LogP contribution in [0, 0.1) is 0 Å². The molecule has 1 fully saturated rings. The van der Waals surface area contributed by atoms with Crippen molar-refractivity contribution in [3.05, 3.63) is 53.7 Å². The lowest BCUT2D eigenvalue weighted by Gasteiger charge is -2.44. The largest absolute Gasteiger partial charge is 0.480 e. The molecule has 3 aromatic rings. The molecule has 2 aliphatic rings. The number of amides is 1. The Morgan fingerprint density at radius 1 is 1.21 bits per heavy atom. The molecule has 1 amide bonds. The van der Waals surface area contributed by atoms with Crippen molar-refractivity contribution in [1.82, 2.24) is 24.2 Å². The summed E-state index contributed by atoms with van der Waals surface area (Å²) in [7, 11) is 3.52. The topological polar surface area (TPSA) is 74.4 Å². The number of methoxy groups -OCH3 is 1. The zero-order chi connectivity index (χ0) is 23.2. The van der Waals surface area contributed by atoms with Crippen LogP contribution in [0.4, 0.5) is 0 Å². The molecule has 4 heterocycles. The van der Waals surface area contributed by atoms with Crippen molar-refractivity contribution in [3.8, 4) is 17.0 Å². The van der Waals surface area contributed by atoms with E-state index in [1.165, 1.54) is 0 Å². The second-order valence-electron chi connectivity index (χ2n) is 9.19. The third kappa shape index (κ3) is 3.53. The highest BCUT2D eigenvalue weighted by atomic mass is 16.5. The van der Waals surface area contributed by atoms with Gasteiger partial charge in [0.2, 0.25) is 0 Å². The van der Waals surface area contributed by atoms with Gasteiger partial charge in [0.25, 0.3) is 5.91 Å². The molecule has 0 bridgehead atoms. The fraction of sp³-hybridized carbons (Fsp3) is 0.480. The van der Waals surface area contributed by atoms with E-state index in [9.17, 15) is 4.79 Å². The quantitative estimate of drug-likeness (QED) is 0.595. The molecule has 1 aromatic carbocycles. The van der Waals surface area contributed by atoms with Crippen molar-refractivity contribution in [2.75, 3.05) is 26.8 Å². The molecular formula is C25H31N5O3. The van der Waals surface area contributed by atoms with Gasteiger partial charge in [-0.3, -0.25) is 9.48 Å². The average molecular weight is 450 g/mol. The molecule has 0 aliphatic carbocycles. The zero-order valence-corrected chi connectivity index (χ0v) is 19.7. The summed E-state index contributed by atoms with van der Waals surface area (Å²) in [5, 5.41) is 4.15. The van der Waals surface area contributed by atoms with Gasteiger partial charge in [-0.05, 0) is 18.2 Å². The number of nitrogens with zero attached hydrogens (tertiary/aromatic N) is 5. The van der Waals surface area contributed by atoms with Crippen LogP contribution < -0.4 is 4.74 Å². The highest BCUT2D eigenvalue weighted by Gasteiger charge is 2.48. The third-order valence-corrected chi connectivity index (χ3v) is 6.81. The van der Waals surface area contributed by atoms with Crippen molar-refractivity contribution in [3.63, 3.8) is 0 Å². The van der Waals surface area contributed by atoms with Gasteiger partial charge >= 0.3 is 0 Å². The van der Waals surface area contributed by atoms with Crippen LogP contribution in [0.15, 0.2) is 36.5 Å². The summed E-state index contributed by atoms with van der Waals surface area (Å²) in [6.07, 6.45) is 3.07. The molecule has 1 saturated heterocycles. The highest BCUT2D eigenvalue weighted by molar-refractivity contribution is 5.92. The van der Waals surface area contributed by atoms with Gasteiger partial charge in [-0.2, -0.15) is 5.10 Å². The van der Waals surface area contributed by atoms with Gasteiger partial charge in [-0.15, -0.1) is 0 Å². The number of ether oxygens (including phenoxy) is 2. The fourth-order valence-corrected chi connectivity index (χ4v) is 5.14. The summed E-state index contributed by atoms with van der Waals surface area (Å²) in [5.74, 6) is 2.19. The molecule has 33 heavy (non-hydrogen) atoms. The number of aryl methyl sites for hydroxylation is 1. The zero-order valence-electron chi connectivity index (χ0n) is 19.7. The molecule has 2 aliphatic heterocycles. The van der Waals surface area contributed by atoms with Crippen molar-refractivity contribution in [2.24, 2.45) is 7.05 Å². The number of carbonyl (C=O) groups excluding carboxylic acids is 1. The second-order valence-corrected chi connectivity index (χ2v) is 9.19. The van der Waals surface area contributed by atoms with Gasteiger partial charge < -0.3 is 18.9 Å². The number of fused-ring (bicyclic) bond motifs is 4. The van der Waals surface area contributed by atoms with Crippen molar-refractivity contribution < 1.29 is 14.3 Å². The standard InChI is InChI=1S/C25H31N5O3/c1-17(2)23-27-21-18-7-5-6-8-20(18)33-25(22(21)30(23)15-16-32-4)10-13-29(14-11-25)24(31)19-9-12-26-28(19)3/h5-9,12,17H,10-11,13-16H2,1-4H3. The minimum absolute atomic E-state index is 0.0112. The maximum atomic E-state index is 13.1. The molecule has 1 spiro atoms. The molecule has 174 valence electrons. The maximum absolute atomic E-state index is 13.1. The first-order valence-electron chi connectivity index (χ1n) is 11.6. The number of hydrogen-bond donors (Lipinski definition) is 0. The summed E-state index contributed by atoms with van der Waals surface area (Å²) < 4.78 is 16.2. The van der Waals surface area contributed by atoms with Gasteiger partial charge in [0.1, 0.15) is 17.3 Å². The van der Waals surface area contributed by atoms with Crippen molar-refractivity contribution in [2.45, 2.75) is 44.8 Å². The average Bonchev–Trinajstić information content (AvgIpc) is 3.42. The second kappa shape index (κ2) is 8.33. The van der Waals surface area contributed by atoms with E-state index >= 15 is 0 Å². The normalized spacial score (nSPS) is 16.6. The minimum atomic E-state index is -0.527. The van der Waals surface area contributed by atoms with E-state index in [2.05, 4.69) is 29.6 Å². The monoisotopic (exact) mass is 449 g/mol. The summed E-state index contributed by atoms with van der Waals surface area (Å²) in [6, 6.07) is 9.91. The van der Waals surface area contributed by atoms with E-state index in [1.807, 2.05) is 23.1 Å². The van der Waals surface area contributed by atoms with Gasteiger partial charge in [-0.25, -0.2) is 4.98 Å². The SMILES string of the molecule is COCCn1c(C(C)C)nc2c1C1(CCN(C(=O)c3ccnn3C)CC1)Oc1ccccc1-2. The molecule has 2 aromatic heterocycles. The molecule has 8 nitrogen and oxygen atoms in total. The van der Waals surface area contributed by atoms with Gasteiger partial charge in [0.05, 0.1) is 18.0 Å². The summed E-state index contributed by atoms with van der Waals surface area (Å²) in [6.45, 7) is 6.89. The molecule has 0 saturated carbocycles. The van der Waals surface area contributed by atoms with E-state index in [0.717, 1.165) is 35.1 Å². The summed E-state index contributed by atoms with van der Waals surface area (Å²) in [4.78, 5) is 20.1. The predicted molar refractivity (Wildman–Crippen MR) is 124 cm³/mol. The van der Waals surface area contributed by atoms with Gasteiger partial charge in [0, 0.05) is 64.3 Å². The molecule has 8 heteroatoms. The molecule has 0 N–H and O–H groups in total. The molecule has 5 rings (SSSR count). The predicted octanol–water partition coefficient (Wildman–Crippen LogP) is 3.58. The molecule has 0 radical (unpaired) electrons. The first-order chi connectivity index (χ1) is 15.9. The van der Waals surface area contributed by atoms with E-state index in [4.69, 9.17) is 14.5 Å². The Bertz CT molecular complexity index is 1170. The van der Waals surface area contributed by atoms with E-state index < -0.39 is 5.60 Å². The number of piperidine rings is 1. The Kier molecular flexibility index (Phi) is 5.48. The van der Waals surface area contributed by atoms with Crippen LogP contribution in [-0.2, 0) is 23.9 Å². The van der Waals surface area contributed by atoms with E-state index in [-0.39, 0.29) is 11.8 Å². The lowest BCUT2D eigenvalue weighted by Crippen LogP contribution is -2.50. The fourth-order valence-electron chi connectivity index (χ4n) is 5.14. The highest BCUT2D eigenvalue weighted by Crippen LogP contribution is 2.50. The van der Waals surface area contributed by atoms with Crippen molar-refractivity contribution >= 4 is 5.91 Å². The first kappa shape index (κ1) is 21.7. The number of aromatic nitrogens is 4. The smallest absolute Gasteiger partial charge is 0.272 e. The number of benzene rings is 1. The Hall–Kier alpha value is -3.13. The third-order valence-electron chi connectivity index (χ3n) is 6.81. The summed E-state index contributed by atoms with van der Waals surface area (Å²) in [5.41, 5.74) is 3.23. The van der Waals surface area contributed by atoms with Crippen LogP contribution >= 0.6 is 0 Å². The Morgan fingerprint density at radius 2 is 1.97 bits per heavy atom. The van der Waals surface area contributed by atoms with Crippen LogP contribution in [0.2, 0.25) is 0 Å². The lowest BCUT2D eigenvalue weighted by atomic mass is 9.83.